The van der Waals surface area contributed by atoms with Gasteiger partial charge in [0.2, 0.25) is 0 Å². The van der Waals surface area contributed by atoms with E-state index in [0.29, 0.717) is 17.8 Å². The molecule has 1 heterocycles. The summed E-state index contributed by atoms with van der Waals surface area (Å²) in [5.41, 5.74) is 2.14. The van der Waals surface area contributed by atoms with E-state index >= 15 is 0 Å². The number of aliphatic hydroxyl groups excluding tert-OH is 3. The standard InChI is InChI=1S/C55H94O7/c1-7-8-9-10-11-12-13-14-15-16-17-18-19-20-21-22-23-24-25-29-49(56)60-39-48-50(57)51(58)52(59)53(62-48)61-43-34-36-54(5)42(38-43)30-31-44-46-33-32-45(41(4)28-26-27-40(2)3)55(46,6)37-35-47(44)54/h11-12,14-15,30,40-41,43-48,50-53,57-59H,7-10,13,16-29,31-39H2,1-6H3/b12-11-,15-14-/t41-,43+,44+,45-,46+,47+,48?,50-,51?,52?,53-,54+,55-/m1/s1. The Bertz CT molecular complexity index is 1390. The fourth-order valence-electron chi connectivity index (χ4n) is 13.2. The number of aliphatic hydroxyl groups is 3. The molecule has 1 saturated heterocycles. The van der Waals surface area contributed by atoms with Crippen LogP contribution in [0.15, 0.2) is 36.0 Å². The van der Waals surface area contributed by atoms with Crippen molar-refractivity contribution in [3.8, 4) is 0 Å². The van der Waals surface area contributed by atoms with Gasteiger partial charge in [0.1, 0.15) is 31.0 Å². The molecule has 13 atom stereocenters. The molecule has 4 fully saturated rings. The Morgan fingerprint density at radius 2 is 1.45 bits per heavy atom. The number of fused-ring (bicyclic) bond motifs is 5. The quantitative estimate of drug-likeness (QED) is 0.0429. The third kappa shape index (κ3) is 14.2. The Balaban J connectivity index is 0.961. The lowest BCUT2D eigenvalue weighted by Crippen LogP contribution is -2.60. The van der Waals surface area contributed by atoms with Crippen molar-refractivity contribution in [1.82, 2.24) is 0 Å². The highest BCUT2D eigenvalue weighted by Crippen LogP contribution is 2.67. The topological polar surface area (TPSA) is 105 Å². The maximum absolute atomic E-state index is 12.6. The van der Waals surface area contributed by atoms with Crippen LogP contribution in [0.4, 0.5) is 0 Å². The minimum atomic E-state index is -1.44. The molecule has 7 heteroatoms. The fraction of sp³-hybridized carbons (Fsp3) is 0.873. The molecule has 3 saturated carbocycles. The second-order valence-electron chi connectivity index (χ2n) is 21.9. The molecule has 3 unspecified atom stereocenters. The number of rotatable bonds is 27. The molecule has 356 valence electrons. The number of carbonyl (C=O) groups is 1. The van der Waals surface area contributed by atoms with Gasteiger partial charge in [-0.1, -0.05) is 155 Å². The van der Waals surface area contributed by atoms with E-state index in [0.717, 1.165) is 81.0 Å². The first kappa shape index (κ1) is 51.5. The number of allylic oxidation sites excluding steroid dienone is 5. The van der Waals surface area contributed by atoms with Crippen LogP contribution >= 0.6 is 0 Å². The summed E-state index contributed by atoms with van der Waals surface area (Å²) in [7, 11) is 0. The molecule has 7 nitrogen and oxygen atoms in total. The van der Waals surface area contributed by atoms with Gasteiger partial charge in [0, 0.05) is 6.42 Å². The van der Waals surface area contributed by atoms with Crippen LogP contribution in [0.3, 0.4) is 0 Å². The summed E-state index contributed by atoms with van der Waals surface area (Å²) in [6.07, 6.45) is 37.0. The van der Waals surface area contributed by atoms with Gasteiger partial charge in [0.05, 0.1) is 6.10 Å². The number of hydrogen-bond donors (Lipinski definition) is 3. The van der Waals surface area contributed by atoms with Crippen molar-refractivity contribution in [3.05, 3.63) is 36.0 Å². The molecule has 5 rings (SSSR count). The molecule has 4 aliphatic carbocycles. The molecule has 62 heavy (non-hydrogen) atoms. The van der Waals surface area contributed by atoms with Crippen LogP contribution in [-0.4, -0.2) is 64.7 Å². The third-order valence-electron chi connectivity index (χ3n) is 17.0. The molecule has 0 aromatic rings. The lowest BCUT2D eigenvalue weighted by Gasteiger charge is -2.58. The summed E-state index contributed by atoms with van der Waals surface area (Å²) in [6.45, 7) is 14.5. The normalized spacial score (nSPS) is 35.2. The summed E-state index contributed by atoms with van der Waals surface area (Å²) in [6, 6.07) is 0. The smallest absolute Gasteiger partial charge is 0.305 e. The fourth-order valence-corrected chi connectivity index (χ4v) is 13.2. The summed E-state index contributed by atoms with van der Waals surface area (Å²) >= 11 is 0. The summed E-state index contributed by atoms with van der Waals surface area (Å²) in [5.74, 6) is 4.43. The van der Waals surface area contributed by atoms with Crippen molar-refractivity contribution in [1.29, 1.82) is 0 Å². The van der Waals surface area contributed by atoms with E-state index in [9.17, 15) is 20.1 Å². The zero-order valence-corrected chi connectivity index (χ0v) is 40.6. The molecule has 5 aliphatic rings. The van der Waals surface area contributed by atoms with E-state index in [4.69, 9.17) is 14.2 Å². The van der Waals surface area contributed by atoms with Crippen LogP contribution in [0.25, 0.3) is 0 Å². The Hall–Kier alpha value is -1.51. The number of carbonyl (C=O) groups excluding carboxylic acids is 1. The van der Waals surface area contributed by atoms with Crippen LogP contribution in [0.5, 0.6) is 0 Å². The van der Waals surface area contributed by atoms with Gasteiger partial charge in [-0.2, -0.15) is 0 Å². The second-order valence-corrected chi connectivity index (χ2v) is 21.9. The first-order chi connectivity index (χ1) is 29.9. The van der Waals surface area contributed by atoms with Crippen LogP contribution in [-0.2, 0) is 19.0 Å². The molecule has 0 radical (unpaired) electrons. The van der Waals surface area contributed by atoms with Gasteiger partial charge >= 0.3 is 5.97 Å². The molecule has 0 amide bonds. The molecule has 0 aromatic heterocycles. The molecule has 0 aromatic carbocycles. The molecule has 0 spiro atoms. The minimum absolute atomic E-state index is 0.141. The van der Waals surface area contributed by atoms with E-state index in [1.165, 1.54) is 121 Å². The third-order valence-corrected chi connectivity index (χ3v) is 17.0. The lowest BCUT2D eigenvalue weighted by atomic mass is 9.47. The number of unbranched alkanes of at least 4 members (excludes halogenated alkanes) is 12. The molecule has 1 aliphatic heterocycles. The molecule has 0 bridgehead atoms. The maximum atomic E-state index is 12.6. The van der Waals surface area contributed by atoms with Gasteiger partial charge in [-0.15, -0.1) is 0 Å². The predicted molar refractivity (Wildman–Crippen MR) is 253 cm³/mol. The number of hydrogen-bond acceptors (Lipinski definition) is 7. The largest absolute Gasteiger partial charge is 0.463 e. The average molecular weight is 867 g/mol. The molecular weight excluding hydrogens is 773 g/mol. The van der Waals surface area contributed by atoms with Gasteiger partial charge < -0.3 is 29.5 Å². The monoisotopic (exact) mass is 867 g/mol. The van der Waals surface area contributed by atoms with Gasteiger partial charge in [-0.25, -0.2) is 0 Å². The first-order valence-electron chi connectivity index (χ1n) is 26.4. The lowest BCUT2D eigenvalue weighted by molar-refractivity contribution is -0.313. The Kier molecular flexibility index (Phi) is 21.6. The van der Waals surface area contributed by atoms with Crippen molar-refractivity contribution in [3.63, 3.8) is 0 Å². The van der Waals surface area contributed by atoms with Crippen molar-refractivity contribution < 1.29 is 34.3 Å². The van der Waals surface area contributed by atoms with Crippen molar-refractivity contribution in [2.45, 2.75) is 252 Å². The van der Waals surface area contributed by atoms with Gasteiger partial charge in [0.25, 0.3) is 0 Å². The maximum Gasteiger partial charge on any atom is 0.305 e. The SMILES string of the molecule is CCCCC/C=C\C/C=C\CCCCCCCCCCCC(=O)OCC1O[C@@H](O[C@H]2CC[C@@]3(C)C(=CC[C@H]4[C@@H]5CC[C@H]([C@H](C)CCCC(C)C)[C@@]5(C)CC[C@@H]43)C2)C(O)C(O)[C@@H]1O. The highest BCUT2D eigenvalue weighted by atomic mass is 16.7. The minimum Gasteiger partial charge on any atom is -0.463 e. The zero-order valence-electron chi connectivity index (χ0n) is 40.6. The van der Waals surface area contributed by atoms with Gasteiger partial charge in [0.15, 0.2) is 6.29 Å². The molecular formula is C55H94O7. The summed E-state index contributed by atoms with van der Waals surface area (Å²) in [4.78, 5) is 12.6. The number of esters is 1. The van der Waals surface area contributed by atoms with Crippen molar-refractivity contribution in [2.24, 2.45) is 46.3 Å². The van der Waals surface area contributed by atoms with Gasteiger partial charge in [-0.3, -0.25) is 4.79 Å². The van der Waals surface area contributed by atoms with Crippen LogP contribution in [0.2, 0.25) is 0 Å². The molecule has 3 N–H and O–H groups in total. The van der Waals surface area contributed by atoms with E-state index < -0.39 is 30.7 Å². The van der Waals surface area contributed by atoms with E-state index in [2.05, 4.69) is 71.9 Å². The average Bonchev–Trinajstić information content (AvgIpc) is 3.61. The summed E-state index contributed by atoms with van der Waals surface area (Å²) < 4.78 is 18.0. The Morgan fingerprint density at radius 1 is 0.774 bits per heavy atom. The van der Waals surface area contributed by atoms with E-state index in [1.54, 1.807) is 0 Å². The van der Waals surface area contributed by atoms with Crippen LogP contribution in [0, 0.1) is 46.3 Å². The van der Waals surface area contributed by atoms with Crippen LogP contribution in [0.1, 0.15) is 215 Å². The Labute approximate surface area is 379 Å². The van der Waals surface area contributed by atoms with Crippen molar-refractivity contribution >= 4 is 5.97 Å². The number of ether oxygens (including phenoxy) is 3. The van der Waals surface area contributed by atoms with Gasteiger partial charge in [-0.05, 0) is 136 Å². The zero-order chi connectivity index (χ0) is 44.5. The van der Waals surface area contributed by atoms with Crippen molar-refractivity contribution in [2.75, 3.05) is 6.61 Å². The highest BCUT2D eigenvalue weighted by molar-refractivity contribution is 5.69. The second kappa shape index (κ2) is 26.0. The summed E-state index contributed by atoms with van der Waals surface area (Å²) in [5, 5.41) is 32.5. The van der Waals surface area contributed by atoms with E-state index in [1.807, 2.05) is 0 Å². The highest BCUT2D eigenvalue weighted by Gasteiger charge is 2.59. The predicted octanol–water partition coefficient (Wildman–Crippen LogP) is 13.1. The first-order valence-corrected chi connectivity index (χ1v) is 26.4. The van der Waals surface area contributed by atoms with Crippen LogP contribution < -0.4 is 0 Å². The Morgan fingerprint density at radius 3 is 2.15 bits per heavy atom. The van der Waals surface area contributed by atoms with E-state index in [-0.39, 0.29) is 24.1 Å².